The average molecular weight is 437 g/mol. The van der Waals surface area contributed by atoms with E-state index in [2.05, 4.69) is 118 Å². The van der Waals surface area contributed by atoms with Crippen molar-refractivity contribution in [2.24, 2.45) is 0 Å². The first-order chi connectivity index (χ1) is 12.8. The summed E-state index contributed by atoms with van der Waals surface area (Å²) >= 11 is 5.58. The Kier molecular flexibility index (Phi) is 5.36. The second kappa shape index (κ2) is 7.88. The number of rotatable bonds is 5. The largest absolute Gasteiger partial charge is 0.143 e. The van der Waals surface area contributed by atoms with Crippen LogP contribution in [0.25, 0.3) is 0 Å². The zero-order valence-corrected chi connectivity index (χ0v) is 17.5. The molecule has 0 bridgehead atoms. The zero-order valence-electron chi connectivity index (χ0n) is 14.1. The summed E-state index contributed by atoms with van der Waals surface area (Å²) in [5.41, 5.74) is 3.99. The van der Waals surface area contributed by atoms with E-state index in [1.807, 2.05) is 11.3 Å². The van der Waals surface area contributed by atoms with Crippen molar-refractivity contribution in [1.82, 2.24) is 0 Å². The minimum absolute atomic E-state index is 0.197. The van der Waals surface area contributed by atoms with Gasteiger partial charge in [0.15, 0.2) is 0 Å². The Morgan fingerprint density at radius 1 is 0.615 bits per heavy atom. The maximum absolute atomic E-state index is 3.75. The van der Waals surface area contributed by atoms with E-state index in [4.69, 9.17) is 0 Å². The molecule has 26 heavy (non-hydrogen) atoms. The molecule has 0 aliphatic rings. The first-order valence-electron chi connectivity index (χ1n) is 8.48. The Morgan fingerprint density at radius 3 is 1.38 bits per heavy atom. The topological polar surface area (TPSA) is 0 Å². The number of thiophene rings is 1. The second-order valence-corrected chi connectivity index (χ2v) is 9.70. The molecule has 0 fully saturated rings. The van der Waals surface area contributed by atoms with Gasteiger partial charge in [-0.1, -0.05) is 99.6 Å². The van der Waals surface area contributed by atoms with Crippen LogP contribution in [0.4, 0.5) is 0 Å². The molecule has 0 saturated heterocycles. The van der Waals surface area contributed by atoms with Crippen LogP contribution >= 0.6 is 35.8 Å². The van der Waals surface area contributed by atoms with E-state index in [0.29, 0.717) is 8.58 Å². The maximum atomic E-state index is 3.75. The van der Waals surface area contributed by atoms with Crippen molar-refractivity contribution in [1.29, 1.82) is 0 Å². The van der Waals surface area contributed by atoms with Gasteiger partial charge >= 0.3 is 0 Å². The molecule has 0 aliphatic carbocycles. The molecule has 0 amide bonds. The van der Waals surface area contributed by atoms with Crippen molar-refractivity contribution in [3.63, 3.8) is 0 Å². The summed E-state index contributed by atoms with van der Waals surface area (Å²) in [6.07, 6.45) is 0. The number of benzene rings is 3. The van der Waals surface area contributed by atoms with Gasteiger partial charge in [0, 0.05) is 9.09 Å². The van der Waals surface area contributed by atoms with Crippen LogP contribution in [0.1, 0.15) is 16.7 Å². The molecule has 0 spiro atoms. The minimum Gasteiger partial charge on any atom is -0.143 e. The first kappa shape index (κ1) is 17.7. The van der Waals surface area contributed by atoms with E-state index >= 15 is 0 Å². The summed E-state index contributed by atoms with van der Waals surface area (Å²) in [6.45, 7) is 0. The normalized spacial score (nSPS) is 11.9. The molecule has 1 heterocycles. The fraction of sp³-hybridized carbons (Fsp3) is 0.0435. The summed E-state index contributed by atoms with van der Waals surface area (Å²) in [5, 5.41) is 1.97. The maximum Gasteiger partial charge on any atom is 0.0670 e. The lowest BCUT2D eigenvalue weighted by atomic mass is 9.84. The van der Waals surface area contributed by atoms with Crippen LogP contribution in [0.5, 0.6) is 0 Å². The van der Waals surface area contributed by atoms with Crippen molar-refractivity contribution in [2.45, 2.75) is 5.16 Å². The Labute approximate surface area is 168 Å². The van der Waals surface area contributed by atoms with Crippen molar-refractivity contribution < 1.29 is 0 Å². The van der Waals surface area contributed by atoms with Crippen LogP contribution in [0.15, 0.2) is 107 Å². The molecule has 1 aromatic heterocycles. The van der Waals surface area contributed by atoms with Crippen LogP contribution in [0, 0.1) is 0 Å². The Balaban J connectivity index is 2.02. The quantitative estimate of drug-likeness (QED) is 0.238. The summed E-state index contributed by atoms with van der Waals surface area (Å²) < 4.78 is 2.59. The molecule has 0 N–H and O–H groups in total. The lowest BCUT2D eigenvalue weighted by Gasteiger charge is -2.36. The molecule has 3 aromatic carbocycles. The Hall–Kier alpha value is -1.73. The van der Waals surface area contributed by atoms with E-state index in [1.165, 1.54) is 25.8 Å². The third kappa shape index (κ3) is 3.30. The van der Waals surface area contributed by atoms with Crippen molar-refractivity contribution in [3.8, 4) is 0 Å². The van der Waals surface area contributed by atoms with E-state index in [-0.39, 0.29) is 5.16 Å². The predicted molar refractivity (Wildman–Crippen MR) is 119 cm³/mol. The molecular weight excluding hydrogens is 419 g/mol. The molecule has 0 saturated carbocycles. The van der Waals surface area contributed by atoms with E-state index in [1.54, 1.807) is 0 Å². The third-order valence-corrected chi connectivity index (χ3v) is 8.95. The minimum atomic E-state index is -0.197. The number of hydrogen-bond acceptors (Lipinski definition) is 1. The Bertz CT molecular complexity index is 868. The summed E-state index contributed by atoms with van der Waals surface area (Å²) in [5.74, 6) is 0. The van der Waals surface area contributed by atoms with Gasteiger partial charge in [-0.05, 0) is 44.1 Å². The van der Waals surface area contributed by atoms with Crippen molar-refractivity contribution in [3.05, 3.63) is 124 Å². The highest BCUT2D eigenvalue weighted by molar-refractivity contribution is 9.10. The summed E-state index contributed by atoms with van der Waals surface area (Å²) in [7, 11) is 0.593. The summed E-state index contributed by atoms with van der Waals surface area (Å²) in [4.78, 5) is 0. The molecular formula is C23H18BrPS. The van der Waals surface area contributed by atoms with Crippen LogP contribution in [-0.2, 0) is 5.16 Å². The van der Waals surface area contributed by atoms with Gasteiger partial charge < -0.3 is 0 Å². The second-order valence-electron chi connectivity index (χ2n) is 6.07. The predicted octanol–water partition coefficient (Wildman–Crippen LogP) is 6.81. The fourth-order valence-electron chi connectivity index (χ4n) is 3.33. The Morgan fingerprint density at radius 2 is 1.04 bits per heavy atom. The lowest BCUT2D eigenvalue weighted by Crippen LogP contribution is -2.26. The van der Waals surface area contributed by atoms with Crippen LogP contribution in [0.2, 0.25) is 0 Å². The molecule has 1 atom stereocenters. The molecule has 128 valence electrons. The van der Waals surface area contributed by atoms with Crippen LogP contribution < -0.4 is 4.62 Å². The molecule has 0 radical (unpaired) electrons. The lowest BCUT2D eigenvalue weighted by molar-refractivity contribution is 0.891. The van der Waals surface area contributed by atoms with Gasteiger partial charge in [-0.3, -0.25) is 0 Å². The first-order valence-corrected chi connectivity index (χ1v) is 11.2. The third-order valence-electron chi connectivity index (χ3n) is 4.54. The summed E-state index contributed by atoms with van der Waals surface area (Å²) in [6, 6.07) is 34.8. The zero-order chi connectivity index (χ0) is 17.8. The van der Waals surface area contributed by atoms with Gasteiger partial charge in [0.2, 0.25) is 0 Å². The SMILES string of the molecule is Brc1ccsc1PC(c1ccccc1)(c1ccccc1)c1ccccc1. The van der Waals surface area contributed by atoms with Gasteiger partial charge in [0.25, 0.3) is 0 Å². The monoisotopic (exact) mass is 436 g/mol. The molecule has 0 aliphatic heterocycles. The highest BCUT2D eigenvalue weighted by atomic mass is 79.9. The molecule has 4 aromatic rings. The highest BCUT2D eigenvalue weighted by Gasteiger charge is 2.37. The van der Waals surface area contributed by atoms with Gasteiger partial charge in [-0.2, -0.15) is 0 Å². The molecule has 4 rings (SSSR count). The van der Waals surface area contributed by atoms with E-state index in [0.717, 1.165) is 0 Å². The number of hydrogen-bond donors (Lipinski definition) is 0. The molecule has 3 heteroatoms. The smallest absolute Gasteiger partial charge is 0.0670 e. The number of halogens is 1. The van der Waals surface area contributed by atoms with Gasteiger partial charge in [-0.25, -0.2) is 0 Å². The highest BCUT2D eigenvalue weighted by Crippen LogP contribution is 2.53. The molecule has 0 nitrogen and oxygen atoms in total. The average Bonchev–Trinajstić information content (AvgIpc) is 3.12. The van der Waals surface area contributed by atoms with Gasteiger partial charge in [-0.15, -0.1) is 11.3 Å². The van der Waals surface area contributed by atoms with E-state index in [9.17, 15) is 0 Å². The van der Waals surface area contributed by atoms with Gasteiger partial charge in [0.1, 0.15) is 0 Å². The van der Waals surface area contributed by atoms with Crippen molar-refractivity contribution >= 4 is 40.5 Å². The van der Waals surface area contributed by atoms with E-state index < -0.39 is 0 Å². The van der Waals surface area contributed by atoms with Gasteiger partial charge in [0.05, 0.1) is 5.16 Å². The molecule has 1 unspecified atom stereocenters. The van der Waals surface area contributed by atoms with Crippen molar-refractivity contribution in [2.75, 3.05) is 0 Å². The van der Waals surface area contributed by atoms with Crippen LogP contribution in [0.3, 0.4) is 0 Å². The fourth-order valence-corrected chi connectivity index (χ4v) is 7.12. The standard InChI is InChI=1S/C23H18BrPS/c24-21-16-17-26-22(21)25-23(18-10-4-1-5-11-18,19-12-6-2-7-13-19)20-14-8-3-9-15-20/h1-17,25H. The van der Waals surface area contributed by atoms with Crippen LogP contribution in [-0.4, -0.2) is 0 Å².